The van der Waals surface area contributed by atoms with Crippen molar-refractivity contribution in [3.05, 3.63) is 24.5 Å². The monoisotopic (exact) mass is 308 g/mol. The second-order valence-corrected chi connectivity index (χ2v) is 5.44. The number of hydrogen-bond acceptors (Lipinski definition) is 6. The summed E-state index contributed by atoms with van der Waals surface area (Å²) in [5.74, 6) is 1.04. The molecule has 0 unspecified atom stereocenters. The number of ether oxygens (including phenoxy) is 2. The van der Waals surface area contributed by atoms with Crippen molar-refractivity contribution < 1.29 is 14.3 Å². The number of anilines is 1. The Morgan fingerprint density at radius 3 is 2.71 bits per heavy atom. The molecule has 1 aromatic heterocycles. The van der Waals surface area contributed by atoms with E-state index in [9.17, 15) is 4.79 Å². The van der Waals surface area contributed by atoms with Crippen molar-refractivity contribution in [2.75, 3.05) is 19.5 Å². The summed E-state index contributed by atoms with van der Waals surface area (Å²) in [6, 6.07) is 5.20. The third-order valence-electron chi connectivity index (χ3n) is 2.70. The molecule has 2 N–H and O–H groups in total. The minimum absolute atomic E-state index is 0.136. The van der Waals surface area contributed by atoms with Gasteiger partial charge in [-0.3, -0.25) is 9.89 Å². The molecule has 2 rings (SSSR count). The molecule has 1 aromatic carbocycles. The Kier molecular flexibility index (Phi) is 5.04. The average molecular weight is 308 g/mol. The minimum Gasteiger partial charge on any atom is -0.493 e. The van der Waals surface area contributed by atoms with E-state index >= 15 is 0 Å². The van der Waals surface area contributed by atoms with E-state index in [0.717, 1.165) is 0 Å². The van der Waals surface area contributed by atoms with Gasteiger partial charge in [0.2, 0.25) is 5.91 Å². The van der Waals surface area contributed by atoms with E-state index in [1.807, 2.05) is 0 Å². The number of thioether (sulfide) groups is 1. The van der Waals surface area contributed by atoms with E-state index < -0.39 is 0 Å². The molecular weight excluding hydrogens is 292 g/mol. The maximum atomic E-state index is 12.1. The van der Waals surface area contributed by atoms with E-state index in [1.165, 1.54) is 18.1 Å². The molecule has 0 aliphatic heterocycles. The van der Waals surface area contributed by atoms with E-state index in [0.29, 0.717) is 22.3 Å². The van der Waals surface area contributed by atoms with Crippen LogP contribution in [0.15, 0.2) is 29.7 Å². The number of H-pyrrole nitrogens is 1. The fourth-order valence-electron chi connectivity index (χ4n) is 1.63. The first-order chi connectivity index (χ1) is 10.1. The van der Waals surface area contributed by atoms with Gasteiger partial charge in [-0.25, -0.2) is 4.98 Å². The fraction of sp³-hybridized carbons (Fsp3) is 0.308. The number of carbonyl (C=O) groups excluding carboxylic acids is 1. The standard InChI is InChI=1S/C13H16N4O3S/c1-8(21-13-14-7-15-17-13)12(18)16-9-4-5-10(19-2)11(6-9)20-3/h4-8H,1-3H3,(H,16,18)(H,14,15,17)/t8-/m1/s1. The number of benzene rings is 1. The molecule has 0 fully saturated rings. The second kappa shape index (κ2) is 6.98. The van der Waals surface area contributed by atoms with Crippen LogP contribution in [0, 0.1) is 0 Å². The Balaban J connectivity index is 2.01. The van der Waals surface area contributed by atoms with Crippen LogP contribution in [0.3, 0.4) is 0 Å². The van der Waals surface area contributed by atoms with Gasteiger partial charge in [0, 0.05) is 11.8 Å². The number of nitrogens with one attached hydrogen (secondary N) is 2. The van der Waals surface area contributed by atoms with E-state index in [-0.39, 0.29) is 11.2 Å². The van der Waals surface area contributed by atoms with Crippen molar-refractivity contribution in [2.24, 2.45) is 0 Å². The number of nitrogens with zero attached hydrogens (tertiary/aromatic N) is 2. The molecule has 1 heterocycles. The van der Waals surface area contributed by atoms with Gasteiger partial charge in [0.05, 0.1) is 19.5 Å². The topological polar surface area (TPSA) is 89.1 Å². The molecule has 8 heteroatoms. The predicted octanol–water partition coefficient (Wildman–Crippen LogP) is 1.94. The number of aromatic amines is 1. The van der Waals surface area contributed by atoms with E-state index in [2.05, 4.69) is 20.5 Å². The first-order valence-corrected chi connectivity index (χ1v) is 7.07. The van der Waals surface area contributed by atoms with Crippen molar-refractivity contribution in [3.8, 4) is 11.5 Å². The molecular formula is C13H16N4O3S. The third kappa shape index (κ3) is 3.88. The number of methoxy groups -OCH3 is 2. The summed E-state index contributed by atoms with van der Waals surface area (Å²) in [5.41, 5.74) is 0.641. The molecule has 112 valence electrons. The fourth-order valence-corrected chi connectivity index (χ4v) is 2.34. The van der Waals surface area contributed by atoms with Gasteiger partial charge in [0.15, 0.2) is 16.7 Å². The molecule has 0 aliphatic carbocycles. The summed E-state index contributed by atoms with van der Waals surface area (Å²) in [6.07, 6.45) is 1.40. The van der Waals surface area contributed by atoms with Crippen LogP contribution in [0.25, 0.3) is 0 Å². The molecule has 21 heavy (non-hydrogen) atoms. The predicted molar refractivity (Wildman–Crippen MR) is 79.9 cm³/mol. The molecule has 1 amide bonds. The van der Waals surface area contributed by atoms with Gasteiger partial charge in [-0.15, -0.1) is 0 Å². The number of hydrogen-bond donors (Lipinski definition) is 2. The quantitative estimate of drug-likeness (QED) is 0.793. The molecule has 0 spiro atoms. The Bertz CT molecular complexity index is 603. The van der Waals surface area contributed by atoms with Crippen LogP contribution in [0.5, 0.6) is 11.5 Å². The largest absolute Gasteiger partial charge is 0.493 e. The van der Waals surface area contributed by atoms with E-state index in [4.69, 9.17) is 9.47 Å². The SMILES string of the molecule is COc1ccc(NC(=O)[C@@H](C)Sc2ncn[nH]2)cc1OC. The van der Waals surface area contributed by atoms with Crippen LogP contribution >= 0.6 is 11.8 Å². The lowest BCUT2D eigenvalue weighted by Crippen LogP contribution is -2.22. The molecule has 0 bridgehead atoms. The van der Waals surface area contributed by atoms with Crippen LogP contribution in [0.2, 0.25) is 0 Å². The smallest absolute Gasteiger partial charge is 0.237 e. The molecule has 0 radical (unpaired) electrons. The van der Waals surface area contributed by atoms with Gasteiger partial charge < -0.3 is 14.8 Å². The Hall–Kier alpha value is -2.22. The number of rotatable bonds is 6. The van der Waals surface area contributed by atoms with Gasteiger partial charge in [0.1, 0.15) is 6.33 Å². The number of carbonyl (C=O) groups is 1. The van der Waals surface area contributed by atoms with Crippen molar-refractivity contribution >= 4 is 23.4 Å². The summed E-state index contributed by atoms with van der Waals surface area (Å²) in [6.45, 7) is 1.79. The van der Waals surface area contributed by atoms with Crippen LogP contribution in [0.1, 0.15) is 6.92 Å². The molecule has 7 nitrogen and oxygen atoms in total. The van der Waals surface area contributed by atoms with Gasteiger partial charge in [0.25, 0.3) is 0 Å². The number of aromatic nitrogens is 3. The summed E-state index contributed by atoms with van der Waals surface area (Å²) in [5, 5.41) is 9.56. The van der Waals surface area contributed by atoms with Crippen molar-refractivity contribution in [1.82, 2.24) is 15.2 Å². The van der Waals surface area contributed by atoms with Gasteiger partial charge in [-0.05, 0) is 19.1 Å². The van der Waals surface area contributed by atoms with Gasteiger partial charge >= 0.3 is 0 Å². The molecule has 0 saturated heterocycles. The maximum absolute atomic E-state index is 12.1. The van der Waals surface area contributed by atoms with Gasteiger partial charge in [-0.1, -0.05) is 11.8 Å². The highest BCUT2D eigenvalue weighted by molar-refractivity contribution is 8.00. The number of amides is 1. The highest BCUT2D eigenvalue weighted by atomic mass is 32.2. The van der Waals surface area contributed by atoms with Crippen molar-refractivity contribution in [2.45, 2.75) is 17.3 Å². The summed E-state index contributed by atoms with van der Waals surface area (Å²) < 4.78 is 10.4. The van der Waals surface area contributed by atoms with Gasteiger partial charge in [-0.2, -0.15) is 5.10 Å². The maximum Gasteiger partial charge on any atom is 0.237 e. The molecule has 0 aliphatic rings. The first kappa shape index (κ1) is 15.2. The van der Waals surface area contributed by atoms with Crippen LogP contribution in [-0.4, -0.2) is 40.6 Å². The van der Waals surface area contributed by atoms with Crippen LogP contribution in [0.4, 0.5) is 5.69 Å². The van der Waals surface area contributed by atoms with Crippen molar-refractivity contribution in [3.63, 3.8) is 0 Å². The Labute approximate surface area is 126 Å². The average Bonchev–Trinajstić information content (AvgIpc) is 2.99. The Morgan fingerprint density at radius 2 is 2.10 bits per heavy atom. The normalized spacial score (nSPS) is 11.8. The third-order valence-corrected chi connectivity index (χ3v) is 3.69. The van der Waals surface area contributed by atoms with E-state index in [1.54, 1.807) is 39.3 Å². The van der Waals surface area contributed by atoms with Crippen LogP contribution in [-0.2, 0) is 4.79 Å². The highest BCUT2D eigenvalue weighted by Gasteiger charge is 2.16. The molecule has 2 aromatic rings. The zero-order valence-electron chi connectivity index (χ0n) is 11.9. The minimum atomic E-state index is -0.314. The lowest BCUT2D eigenvalue weighted by molar-refractivity contribution is -0.115. The Morgan fingerprint density at radius 1 is 1.33 bits per heavy atom. The van der Waals surface area contributed by atoms with Crippen LogP contribution < -0.4 is 14.8 Å². The highest BCUT2D eigenvalue weighted by Crippen LogP contribution is 2.30. The van der Waals surface area contributed by atoms with Crippen molar-refractivity contribution in [1.29, 1.82) is 0 Å². The second-order valence-electron chi connectivity index (χ2n) is 4.11. The summed E-state index contributed by atoms with van der Waals surface area (Å²) in [7, 11) is 3.11. The zero-order valence-corrected chi connectivity index (χ0v) is 12.7. The molecule has 1 atom stereocenters. The summed E-state index contributed by atoms with van der Waals surface area (Å²) in [4.78, 5) is 16.1. The lowest BCUT2D eigenvalue weighted by Gasteiger charge is -2.13. The lowest BCUT2D eigenvalue weighted by atomic mass is 10.2. The summed E-state index contributed by atoms with van der Waals surface area (Å²) >= 11 is 1.30. The molecule has 0 saturated carbocycles. The first-order valence-electron chi connectivity index (χ1n) is 6.19. The zero-order chi connectivity index (χ0) is 15.2.